The maximum absolute atomic E-state index is 13.1. The number of alkyl halides is 6. The Bertz CT molecular complexity index is 4300. The average molecular weight is 1570 g/mol. The topological polar surface area (TPSA) is 341 Å². The van der Waals surface area contributed by atoms with Gasteiger partial charge < -0.3 is 18.9 Å². The SMILES string of the molecule is CC1(C)C2CC3C(O2)C1OS3(=O)=O.CC1C2(C)CC3C1(C)C(C)(OS3(=O)=O)C2(C)C.CC1C2CC3C(O2)C1(C)OS3(=O)=O.CC1C2CC3C(O2)C1OS3(=O)=O.CC1C2CC3C1OS(=O)(=O)C3(C(F)(F)F)C2.CC1C2CC3C1OS(=O)(=O)C3C2C(F)(F)F.CC1C2OS(=O)(=O)C3CC1(C)OC23. The second-order valence-corrected chi connectivity index (χ2v) is 47.2. The molecule has 25 nitrogen and oxygen atoms in total. The predicted octanol–water partition coefficient (Wildman–Crippen LogP) is 6.54. The van der Waals surface area contributed by atoms with E-state index in [0.717, 1.165) is 6.42 Å². The van der Waals surface area contributed by atoms with Crippen LogP contribution < -0.4 is 0 Å². The van der Waals surface area contributed by atoms with Crippen LogP contribution in [0.4, 0.5) is 26.3 Å². The zero-order valence-electron chi connectivity index (χ0n) is 57.7. The lowest BCUT2D eigenvalue weighted by Crippen LogP contribution is -2.54. The molecular weight excluding hydrogens is 1480 g/mol. The molecule has 0 aromatic carbocycles. The van der Waals surface area contributed by atoms with Crippen LogP contribution >= 0.6 is 0 Å². The molecule has 21 aliphatic rings. The smallest absolute Gasteiger partial charge is 0.370 e. The number of fused-ring (bicyclic) bond motifs is 7. The predicted molar refractivity (Wildman–Crippen MR) is 336 cm³/mol. The summed E-state index contributed by atoms with van der Waals surface area (Å²) in [5.41, 5.74) is -1.89. The Balaban J connectivity index is 0.0000000950. The molecule has 35 atom stereocenters. The van der Waals surface area contributed by atoms with Crippen LogP contribution in [-0.2, 0) is 119 Å². The van der Waals surface area contributed by atoms with Crippen molar-refractivity contribution in [2.75, 3.05) is 0 Å². The third-order valence-electron chi connectivity index (χ3n) is 30.7. The van der Waals surface area contributed by atoms with Crippen molar-refractivity contribution in [3.05, 3.63) is 0 Å². The van der Waals surface area contributed by atoms with Crippen molar-refractivity contribution >= 4 is 70.8 Å². The molecule has 572 valence electrons. The molecule has 15 saturated heterocycles. The lowest BCUT2D eigenvalue weighted by Gasteiger charge is -2.49. The Kier molecular flexibility index (Phi) is 15.9. The Morgan fingerprint density at radius 1 is 0.450 bits per heavy atom. The standard InChI is InChI=1S/C13H22O3S.2C9H11F3O3S.3C8H12O4S.C7H10O4S/c1-8-11(4)7-9-12(8,5)13(6,10(11,2)3)16-17(9,14)15;1-4-5-2-6-7(4)15-16(13,14)8(6,3-5)9(10,11)12;1-3-4-2-5-7(3)15-16(13,14)8(5)6(4)9(10,11)12;1-8(2)5-3-4-6(11-5)7(8)12-13(4,9)10;1-4-6-7-5(13(9,10)12-6)3-8(4,2)11-7;1-4-5-3-6-7(11-5)8(4,2)12-13(6,9)10;1-3-4-2-5-7(10-4)6(3)11-12(5,8)9/h8-9H,7H2,1-6H3;4-7H,2-3H2,1H3;3-8H,2H2,1H3;3*4-7H,3H2,1-2H3;3-7H,2H2,1H3. The summed E-state index contributed by atoms with van der Waals surface area (Å²) < 4.78 is 296. The second kappa shape index (κ2) is 21.4. The zero-order valence-corrected chi connectivity index (χ0v) is 63.4. The van der Waals surface area contributed by atoms with Crippen molar-refractivity contribution in [1.29, 1.82) is 0 Å². The first-order valence-electron chi connectivity index (χ1n) is 34.6. The van der Waals surface area contributed by atoms with E-state index in [-0.39, 0.29) is 141 Å². The van der Waals surface area contributed by atoms with Crippen LogP contribution in [0.5, 0.6) is 0 Å². The third kappa shape index (κ3) is 9.31. The van der Waals surface area contributed by atoms with Gasteiger partial charge in [0.1, 0.15) is 74.6 Å². The van der Waals surface area contributed by atoms with Gasteiger partial charge in [0.25, 0.3) is 70.8 Å². The summed E-state index contributed by atoms with van der Waals surface area (Å²) in [4.78, 5) is 0. The fourth-order valence-electron chi connectivity index (χ4n) is 23.7. The Morgan fingerprint density at radius 2 is 1.04 bits per heavy atom. The quantitative estimate of drug-likeness (QED) is 0.183. The highest BCUT2D eigenvalue weighted by Gasteiger charge is 2.87. The highest BCUT2D eigenvalue weighted by atomic mass is 32.2. The van der Waals surface area contributed by atoms with Gasteiger partial charge in [-0.3, -0.25) is 29.3 Å². The molecule has 0 N–H and O–H groups in total. The van der Waals surface area contributed by atoms with Gasteiger partial charge in [-0.05, 0) is 107 Å². The Hall–Kier alpha value is -1.21. The van der Waals surface area contributed by atoms with Crippen molar-refractivity contribution in [2.24, 2.45) is 86.8 Å². The molecule has 21 fully saturated rings. The molecular formula is C62H90F6O25S7. The first-order chi connectivity index (χ1) is 45.3. The van der Waals surface area contributed by atoms with E-state index < -0.39 is 156 Å². The van der Waals surface area contributed by atoms with E-state index in [9.17, 15) is 85.3 Å². The summed E-state index contributed by atoms with van der Waals surface area (Å²) in [5.74, 6) is -3.24. The summed E-state index contributed by atoms with van der Waals surface area (Å²) in [6.07, 6.45) is -8.13. The maximum Gasteiger partial charge on any atom is 0.410 e. The van der Waals surface area contributed by atoms with E-state index in [0.29, 0.717) is 44.4 Å². The molecule has 15 heterocycles. The molecule has 6 saturated carbocycles. The first-order valence-corrected chi connectivity index (χ1v) is 44.8. The van der Waals surface area contributed by atoms with E-state index in [4.69, 9.17) is 48.2 Å². The summed E-state index contributed by atoms with van der Waals surface area (Å²) in [5, 5.41) is -3.23. The van der Waals surface area contributed by atoms with Crippen LogP contribution in [0.15, 0.2) is 0 Å². The maximum atomic E-state index is 13.1. The minimum atomic E-state index is -4.72. The van der Waals surface area contributed by atoms with Gasteiger partial charge in [-0.1, -0.05) is 83.1 Å². The Labute approximate surface area is 581 Å². The van der Waals surface area contributed by atoms with Crippen LogP contribution in [-0.4, -0.2) is 198 Å². The number of halogens is 6. The van der Waals surface area contributed by atoms with Gasteiger partial charge in [-0.15, -0.1) is 0 Å². The molecule has 0 radical (unpaired) electrons. The van der Waals surface area contributed by atoms with Gasteiger partial charge in [0.05, 0.1) is 52.9 Å². The fraction of sp³-hybridized carbons (Fsp3) is 1.00. The molecule has 0 aromatic rings. The van der Waals surface area contributed by atoms with Crippen molar-refractivity contribution in [3.63, 3.8) is 0 Å². The van der Waals surface area contributed by atoms with Gasteiger partial charge in [0.15, 0.2) is 4.75 Å². The van der Waals surface area contributed by atoms with E-state index >= 15 is 0 Å². The summed E-state index contributed by atoms with van der Waals surface area (Å²) in [7, 11) is -25.2. The van der Waals surface area contributed by atoms with Crippen LogP contribution in [0.25, 0.3) is 0 Å². The summed E-state index contributed by atoms with van der Waals surface area (Å²) in [6, 6.07) is 0. The fourth-order valence-corrected chi connectivity index (χ4v) is 37.7. The molecule has 0 spiro atoms. The highest BCUT2D eigenvalue weighted by Crippen LogP contribution is 2.82. The van der Waals surface area contributed by atoms with Gasteiger partial charge >= 0.3 is 12.4 Å². The van der Waals surface area contributed by atoms with E-state index in [2.05, 4.69) is 34.6 Å². The number of hydrogen-bond donors (Lipinski definition) is 0. The van der Waals surface area contributed by atoms with Gasteiger partial charge in [-0.2, -0.15) is 85.3 Å². The highest BCUT2D eigenvalue weighted by molar-refractivity contribution is 7.89. The van der Waals surface area contributed by atoms with Gasteiger partial charge in [-0.25, -0.2) is 0 Å². The molecule has 0 amide bonds. The van der Waals surface area contributed by atoms with E-state index in [1.54, 1.807) is 13.8 Å². The molecule has 6 aliphatic carbocycles. The summed E-state index contributed by atoms with van der Waals surface area (Å²) in [6.45, 7) is 30.2. The van der Waals surface area contributed by atoms with Crippen molar-refractivity contribution in [2.45, 2.75) is 294 Å². The number of ether oxygens (including phenoxy) is 4. The lowest BCUT2D eigenvalue weighted by atomic mass is 9.57. The molecule has 38 heteroatoms. The normalized spacial score (nSPS) is 57.9. The molecule has 0 aromatic heterocycles. The van der Waals surface area contributed by atoms with Gasteiger partial charge in [0, 0.05) is 45.8 Å². The second-order valence-electron chi connectivity index (χ2n) is 34.8. The Morgan fingerprint density at radius 3 is 1.56 bits per heavy atom. The van der Waals surface area contributed by atoms with Crippen molar-refractivity contribution < 1.29 is 133 Å². The van der Waals surface area contributed by atoms with E-state index in [1.807, 2.05) is 55.4 Å². The molecule has 35 unspecified atom stereocenters. The lowest BCUT2D eigenvalue weighted by molar-refractivity contribution is -0.190. The largest absolute Gasteiger partial charge is 0.410 e. The molecule has 14 bridgehead atoms. The number of rotatable bonds is 0. The zero-order chi connectivity index (χ0) is 73.7. The van der Waals surface area contributed by atoms with Crippen molar-refractivity contribution in [3.8, 4) is 0 Å². The minimum absolute atomic E-state index is 0.0464. The van der Waals surface area contributed by atoms with Crippen LogP contribution in [0, 0.1) is 86.8 Å². The molecule has 15 aliphatic heterocycles. The first kappa shape index (κ1) is 74.3. The van der Waals surface area contributed by atoms with E-state index in [1.165, 1.54) is 0 Å². The molecule has 100 heavy (non-hydrogen) atoms. The van der Waals surface area contributed by atoms with Crippen LogP contribution in [0.3, 0.4) is 0 Å². The third-order valence-corrected chi connectivity index (χ3v) is 43.3. The average Bonchev–Trinajstić information content (AvgIpc) is 1.45. The number of hydrogen-bond acceptors (Lipinski definition) is 25. The minimum Gasteiger partial charge on any atom is -0.370 e. The van der Waals surface area contributed by atoms with Crippen LogP contribution in [0.1, 0.15) is 155 Å². The monoisotopic (exact) mass is 1570 g/mol. The van der Waals surface area contributed by atoms with Gasteiger partial charge in [0.2, 0.25) is 0 Å². The molecule has 21 rings (SSSR count). The summed E-state index contributed by atoms with van der Waals surface area (Å²) >= 11 is 0. The van der Waals surface area contributed by atoms with Crippen molar-refractivity contribution in [1.82, 2.24) is 0 Å². The van der Waals surface area contributed by atoms with Crippen LogP contribution in [0.2, 0.25) is 0 Å².